The van der Waals surface area contributed by atoms with Gasteiger partial charge in [0.1, 0.15) is 6.54 Å². The van der Waals surface area contributed by atoms with Crippen molar-refractivity contribution in [3.05, 3.63) is 29.8 Å². The molecule has 1 aromatic carbocycles. The minimum atomic E-state index is -0.980. The van der Waals surface area contributed by atoms with Gasteiger partial charge in [-0.25, -0.2) is 0 Å². The van der Waals surface area contributed by atoms with Gasteiger partial charge in [0, 0.05) is 18.7 Å². The number of amides is 1. The van der Waals surface area contributed by atoms with Crippen molar-refractivity contribution in [2.24, 2.45) is 0 Å². The topological polar surface area (TPSA) is 83.6 Å². The first-order valence-electron chi connectivity index (χ1n) is 6.79. The van der Waals surface area contributed by atoms with Crippen molar-refractivity contribution in [2.45, 2.75) is 32.6 Å². The van der Waals surface area contributed by atoms with Crippen LogP contribution in [0.3, 0.4) is 0 Å². The van der Waals surface area contributed by atoms with Crippen molar-refractivity contribution in [2.75, 3.05) is 18.8 Å². The van der Waals surface area contributed by atoms with E-state index in [1.54, 1.807) is 12.1 Å². The number of hydrogen-bond acceptors (Lipinski definition) is 3. The van der Waals surface area contributed by atoms with Gasteiger partial charge in [0.25, 0.3) is 0 Å². The summed E-state index contributed by atoms with van der Waals surface area (Å²) in [6.45, 7) is 4.11. The molecule has 1 rings (SSSR count). The maximum atomic E-state index is 12.2. The molecule has 1 atom stereocenters. The van der Waals surface area contributed by atoms with E-state index in [0.29, 0.717) is 18.7 Å². The Bertz CT molecular complexity index is 457. The van der Waals surface area contributed by atoms with Gasteiger partial charge in [0.15, 0.2) is 0 Å². The number of benzene rings is 1. The van der Waals surface area contributed by atoms with E-state index >= 15 is 0 Å². The Balaban J connectivity index is 2.66. The number of rotatable bonds is 7. The molecule has 0 aliphatic carbocycles. The highest BCUT2D eigenvalue weighted by molar-refractivity contribution is 5.81. The number of aliphatic carboxylic acids is 1. The second-order valence-electron chi connectivity index (χ2n) is 4.98. The molecular weight excluding hydrogens is 256 g/mol. The highest BCUT2D eigenvalue weighted by Gasteiger charge is 2.19. The third-order valence-corrected chi connectivity index (χ3v) is 3.16. The summed E-state index contributed by atoms with van der Waals surface area (Å²) in [6, 6.07) is 7.40. The van der Waals surface area contributed by atoms with Crippen LogP contribution in [0.15, 0.2) is 24.3 Å². The Kier molecular flexibility index (Phi) is 6.03. The Hall–Kier alpha value is -2.04. The summed E-state index contributed by atoms with van der Waals surface area (Å²) in [5, 5.41) is 8.83. The van der Waals surface area contributed by atoms with E-state index in [9.17, 15) is 9.59 Å². The first kappa shape index (κ1) is 16.0. The molecule has 0 aliphatic rings. The summed E-state index contributed by atoms with van der Waals surface area (Å²) in [5.74, 6) is -1.07. The lowest BCUT2D eigenvalue weighted by Gasteiger charge is -2.22. The van der Waals surface area contributed by atoms with Crippen molar-refractivity contribution >= 4 is 17.6 Å². The molecule has 5 heteroatoms. The lowest BCUT2D eigenvalue weighted by Crippen LogP contribution is -2.36. The van der Waals surface area contributed by atoms with Crippen molar-refractivity contribution < 1.29 is 14.7 Å². The zero-order valence-electron chi connectivity index (χ0n) is 12.0. The molecule has 3 N–H and O–H groups in total. The molecule has 0 aromatic heterocycles. The van der Waals surface area contributed by atoms with Gasteiger partial charge in [-0.15, -0.1) is 0 Å². The van der Waals surface area contributed by atoms with Crippen LogP contribution in [-0.4, -0.2) is 35.0 Å². The largest absolute Gasteiger partial charge is 0.480 e. The number of nitrogens with two attached hydrogens (primary N) is 1. The SMILES string of the molecule is CCCN(CC(=O)O)C(=O)CC(C)c1ccc(N)cc1. The normalized spacial score (nSPS) is 11.9. The van der Waals surface area contributed by atoms with Crippen molar-refractivity contribution in [1.82, 2.24) is 4.90 Å². The van der Waals surface area contributed by atoms with Crippen LogP contribution in [0.4, 0.5) is 5.69 Å². The van der Waals surface area contributed by atoms with E-state index in [4.69, 9.17) is 10.8 Å². The molecule has 0 aliphatic heterocycles. The molecule has 5 nitrogen and oxygen atoms in total. The van der Waals surface area contributed by atoms with Crippen molar-refractivity contribution in [1.29, 1.82) is 0 Å². The lowest BCUT2D eigenvalue weighted by molar-refractivity contribution is -0.144. The molecule has 0 saturated heterocycles. The van der Waals surface area contributed by atoms with E-state index in [1.165, 1.54) is 4.90 Å². The molecule has 20 heavy (non-hydrogen) atoms. The number of nitrogen functional groups attached to an aromatic ring is 1. The molecule has 0 fully saturated rings. The molecule has 110 valence electrons. The Morgan fingerprint density at radius 3 is 2.40 bits per heavy atom. The number of carboxylic acid groups (broad SMARTS) is 1. The minimum Gasteiger partial charge on any atom is -0.480 e. The molecule has 0 spiro atoms. The molecule has 1 unspecified atom stereocenters. The zero-order chi connectivity index (χ0) is 15.1. The second-order valence-corrected chi connectivity index (χ2v) is 4.98. The quantitative estimate of drug-likeness (QED) is 0.748. The van der Waals surface area contributed by atoms with Gasteiger partial charge in [-0.3, -0.25) is 9.59 Å². The predicted molar refractivity (Wildman–Crippen MR) is 78.4 cm³/mol. The molecular formula is C15H22N2O3. The standard InChI is InChI=1S/C15H22N2O3/c1-3-8-17(10-15(19)20)14(18)9-11(2)12-4-6-13(16)7-5-12/h4-7,11H,3,8-10,16H2,1-2H3,(H,19,20). The number of carbonyl (C=O) groups is 2. The Morgan fingerprint density at radius 1 is 1.30 bits per heavy atom. The third kappa shape index (κ3) is 4.91. The van der Waals surface area contributed by atoms with Crippen LogP contribution in [0.25, 0.3) is 0 Å². The summed E-state index contributed by atoms with van der Waals surface area (Å²) in [7, 11) is 0. The fraction of sp³-hybridized carbons (Fsp3) is 0.467. The summed E-state index contributed by atoms with van der Waals surface area (Å²) >= 11 is 0. The van der Waals surface area contributed by atoms with Crippen LogP contribution in [0.1, 0.15) is 38.2 Å². The first-order chi connectivity index (χ1) is 9.43. The van der Waals surface area contributed by atoms with Crippen LogP contribution in [0, 0.1) is 0 Å². The van der Waals surface area contributed by atoms with E-state index in [2.05, 4.69) is 0 Å². The predicted octanol–water partition coefficient (Wildman–Crippen LogP) is 2.09. The Morgan fingerprint density at radius 2 is 1.90 bits per heavy atom. The van der Waals surface area contributed by atoms with Crippen LogP contribution < -0.4 is 5.73 Å². The summed E-state index contributed by atoms with van der Waals surface area (Å²) < 4.78 is 0. The lowest BCUT2D eigenvalue weighted by atomic mass is 9.97. The molecule has 0 bridgehead atoms. The molecule has 1 aromatic rings. The van der Waals surface area contributed by atoms with E-state index in [0.717, 1.165) is 12.0 Å². The molecule has 0 radical (unpaired) electrons. The van der Waals surface area contributed by atoms with Gasteiger partial charge in [-0.1, -0.05) is 26.0 Å². The smallest absolute Gasteiger partial charge is 0.323 e. The first-order valence-corrected chi connectivity index (χ1v) is 6.79. The zero-order valence-corrected chi connectivity index (χ0v) is 12.0. The monoisotopic (exact) mass is 278 g/mol. The average Bonchev–Trinajstić information content (AvgIpc) is 2.38. The minimum absolute atomic E-state index is 0.0382. The fourth-order valence-electron chi connectivity index (χ4n) is 2.06. The number of anilines is 1. The van der Waals surface area contributed by atoms with Gasteiger partial charge >= 0.3 is 5.97 Å². The maximum absolute atomic E-state index is 12.2. The van der Waals surface area contributed by atoms with Gasteiger partial charge in [0.05, 0.1) is 0 Å². The fourth-order valence-corrected chi connectivity index (χ4v) is 2.06. The van der Waals surface area contributed by atoms with Crippen LogP contribution >= 0.6 is 0 Å². The van der Waals surface area contributed by atoms with Gasteiger partial charge in [-0.05, 0) is 30.0 Å². The highest BCUT2D eigenvalue weighted by atomic mass is 16.4. The third-order valence-electron chi connectivity index (χ3n) is 3.16. The molecule has 0 heterocycles. The van der Waals surface area contributed by atoms with Crippen molar-refractivity contribution in [3.63, 3.8) is 0 Å². The molecule has 0 saturated carbocycles. The summed E-state index contributed by atoms with van der Waals surface area (Å²) in [6.07, 6.45) is 1.05. The van der Waals surface area contributed by atoms with Crippen LogP contribution in [0.5, 0.6) is 0 Å². The van der Waals surface area contributed by atoms with E-state index in [1.807, 2.05) is 26.0 Å². The Labute approximate surface area is 119 Å². The summed E-state index contributed by atoms with van der Waals surface area (Å²) in [4.78, 5) is 24.3. The summed E-state index contributed by atoms with van der Waals surface area (Å²) in [5.41, 5.74) is 7.34. The maximum Gasteiger partial charge on any atom is 0.323 e. The molecule has 1 amide bonds. The van der Waals surface area contributed by atoms with Crippen LogP contribution in [-0.2, 0) is 9.59 Å². The average molecular weight is 278 g/mol. The number of hydrogen-bond donors (Lipinski definition) is 2. The second kappa shape index (κ2) is 7.53. The van der Waals surface area contributed by atoms with Gasteiger partial charge < -0.3 is 15.7 Å². The number of carboxylic acids is 1. The van der Waals surface area contributed by atoms with E-state index in [-0.39, 0.29) is 18.4 Å². The van der Waals surface area contributed by atoms with Crippen LogP contribution in [0.2, 0.25) is 0 Å². The number of nitrogens with zero attached hydrogens (tertiary/aromatic N) is 1. The van der Waals surface area contributed by atoms with Gasteiger partial charge in [-0.2, -0.15) is 0 Å². The highest BCUT2D eigenvalue weighted by Crippen LogP contribution is 2.21. The van der Waals surface area contributed by atoms with Crippen molar-refractivity contribution in [3.8, 4) is 0 Å². The van der Waals surface area contributed by atoms with Gasteiger partial charge in [0.2, 0.25) is 5.91 Å². The van der Waals surface area contributed by atoms with E-state index < -0.39 is 5.97 Å². The number of carbonyl (C=O) groups excluding carboxylic acids is 1.